The maximum atomic E-state index is 11.9. The molecule has 67 heavy (non-hydrogen) atoms. The summed E-state index contributed by atoms with van der Waals surface area (Å²) in [5.41, 5.74) is 1.00. The third kappa shape index (κ3) is 12.5. The van der Waals surface area contributed by atoms with Crippen molar-refractivity contribution in [1.82, 2.24) is 39.0 Å². The Kier molecular flexibility index (Phi) is 16.3. The molecule has 4 aromatic heterocycles. The molecule has 1 aromatic carbocycles. The van der Waals surface area contributed by atoms with Gasteiger partial charge < -0.3 is 42.6 Å². The van der Waals surface area contributed by atoms with Crippen LogP contribution in [0.5, 0.6) is 6.01 Å². The number of nitrogens with one attached hydrogen (secondary N) is 1. The highest BCUT2D eigenvalue weighted by molar-refractivity contribution is 6.33. The van der Waals surface area contributed by atoms with Crippen molar-refractivity contribution >= 4 is 92.9 Å². The van der Waals surface area contributed by atoms with Crippen LogP contribution in [0.3, 0.4) is 0 Å². The lowest BCUT2D eigenvalue weighted by molar-refractivity contribution is -0.166. The summed E-state index contributed by atoms with van der Waals surface area (Å²) in [6, 6.07) is 7.33. The topological polar surface area (TPSA) is 293 Å². The van der Waals surface area contributed by atoms with E-state index < -0.39 is 90.6 Å². The normalized spacial score (nSPS) is 22.0. The molecule has 0 unspecified atom stereocenters. The maximum absolute atomic E-state index is 11.9. The number of aromatic amines is 1. The van der Waals surface area contributed by atoms with Crippen molar-refractivity contribution in [2.45, 2.75) is 97.0 Å². The number of carbonyl (C=O) groups excluding carboxylic acids is 6. The van der Waals surface area contributed by atoms with Gasteiger partial charge in [0, 0.05) is 53.0 Å². The van der Waals surface area contributed by atoms with Gasteiger partial charge in [-0.3, -0.25) is 42.9 Å². The van der Waals surface area contributed by atoms with Crippen molar-refractivity contribution in [3.05, 3.63) is 68.3 Å². The lowest BCUT2D eigenvalue weighted by Crippen LogP contribution is -2.40. The van der Waals surface area contributed by atoms with Gasteiger partial charge in [-0.1, -0.05) is 46.9 Å². The third-order valence-corrected chi connectivity index (χ3v) is 10.3. The molecule has 0 bridgehead atoms. The fraction of sp³-hybridized carbons (Fsp3) is 0.450. The van der Waals surface area contributed by atoms with Crippen LogP contribution in [0, 0.1) is 0 Å². The van der Waals surface area contributed by atoms with Gasteiger partial charge >= 0.3 is 47.5 Å². The summed E-state index contributed by atoms with van der Waals surface area (Å²) in [5.74, 6) is -3.73. The number of esters is 6. The Balaban J connectivity index is 0.000000229. The number of aromatic nitrogens is 8. The van der Waals surface area contributed by atoms with Gasteiger partial charge in [0.1, 0.15) is 41.6 Å². The molecule has 24 nitrogen and oxygen atoms in total. The first-order chi connectivity index (χ1) is 31.8. The summed E-state index contributed by atoms with van der Waals surface area (Å²) in [6.07, 6.45) is -5.21. The number of ether oxygens (including phenoxy) is 9. The summed E-state index contributed by atoms with van der Waals surface area (Å²) in [5, 5.41) is 0.634. The number of imidazole rings is 2. The van der Waals surface area contributed by atoms with Gasteiger partial charge in [0.2, 0.25) is 0 Å². The Morgan fingerprint density at radius 1 is 0.627 bits per heavy atom. The molecule has 5 aromatic rings. The van der Waals surface area contributed by atoms with Crippen LogP contribution in [0.4, 0.5) is 0 Å². The summed E-state index contributed by atoms with van der Waals surface area (Å²) in [6.45, 7) is 6.94. The summed E-state index contributed by atoms with van der Waals surface area (Å²) < 4.78 is 52.0. The standard InChI is InChI=1S/C24H24Cl2N4O8.C16H17ClN4O8/c1-12(31)35-10-17-19(36-13(2)32)20(37-14(3)33)23(38-17)30-11-27-18-21(26)28-24(29-22(18)30)34-9-8-15-4-6-16(25)7-5-15;1-6(22)26-4-9-11(27-7(2)23)12(28-8(3)24)15(29-9)21-5-18-10-13(17)19-16(25)20-14(10)21/h4-7,11,17,19-20,23H,8-10H2,1-3H3;5,9,11-12,15H,4H2,1-3H3,(H,19,20,25)/t17-,19-,20-,23-;9-,11-,12-,15-/m11/s1. The molecule has 2 aliphatic rings. The maximum Gasteiger partial charge on any atom is 0.348 e. The number of fused-ring (bicyclic) bond motifs is 2. The number of halogens is 3. The molecule has 8 atom stereocenters. The van der Waals surface area contributed by atoms with Crippen LogP contribution < -0.4 is 10.4 Å². The van der Waals surface area contributed by atoms with Gasteiger partial charge in [-0.2, -0.15) is 15.0 Å². The number of hydrogen-bond donors (Lipinski definition) is 1. The molecule has 0 aliphatic carbocycles. The first-order valence-corrected chi connectivity index (χ1v) is 21.1. The Morgan fingerprint density at radius 3 is 1.57 bits per heavy atom. The van der Waals surface area contributed by atoms with Crippen LogP contribution in [0.25, 0.3) is 22.3 Å². The molecule has 2 aliphatic heterocycles. The third-order valence-electron chi connectivity index (χ3n) is 9.52. The van der Waals surface area contributed by atoms with E-state index in [0.29, 0.717) is 11.4 Å². The van der Waals surface area contributed by atoms with E-state index in [4.69, 9.17) is 77.4 Å². The molecule has 0 radical (unpaired) electrons. The highest BCUT2D eigenvalue weighted by Crippen LogP contribution is 2.38. The van der Waals surface area contributed by atoms with Crippen molar-refractivity contribution < 1.29 is 71.4 Å². The van der Waals surface area contributed by atoms with E-state index in [9.17, 15) is 33.6 Å². The molecule has 2 fully saturated rings. The lowest BCUT2D eigenvalue weighted by atomic mass is 10.1. The van der Waals surface area contributed by atoms with E-state index in [1.807, 2.05) is 12.1 Å². The smallest absolute Gasteiger partial charge is 0.348 e. The summed E-state index contributed by atoms with van der Waals surface area (Å²) in [4.78, 5) is 104. The zero-order valence-electron chi connectivity index (χ0n) is 36.2. The number of rotatable bonds is 14. The molecule has 0 spiro atoms. The SMILES string of the molecule is CC(=O)OC[C@H]1O[C@@H](n2cnc3c(Cl)[nH]c(=O)nc32)[C@H](OC(C)=O)[C@@H]1OC(C)=O.CC(=O)OC[C@H]1O[C@@H](n2cnc3c(Cl)nc(OCCc4ccc(Cl)cc4)nc32)[C@H](OC(C)=O)[C@@H]1OC(C)=O. The number of H-pyrrole nitrogens is 1. The van der Waals surface area contributed by atoms with Crippen molar-refractivity contribution in [2.75, 3.05) is 19.8 Å². The fourth-order valence-corrected chi connectivity index (χ4v) is 7.49. The molecule has 6 heterocycles. The van der Waals surface area contributed by atoms with E-state index >= 15 is 0 Å². The second-order valence-electron chi connectivity index (χ2n) is 14.6. The minimum atomic E-state index is -1.13. The first kappa shape index (κ1) is 50.0. The summed E-state index contributed by atoms with van der Waals surface area (Å²) in [7, 11) is 0. The molecule has 7 rings (SSSR count). The molecule has 0 saturated carbocycles. The largest absolute Gasteiger partial charge is 0.463 e. The molecule has 358 valence electrons. The van der Waals surface area contributed by atoms with Gasteiger partial charge in [0.15, 0.2) is 53.3 Å². The van der Waals surface area contributed by atoms with Gasteiger partial charge in [0.25, 0.3) is 0 Å². The molecular formula is C40H41Cl3N8O16. The van der Waals surface area contributed by atoms with E-state index in [2.05, 4.69) is 29.9 Å². The van der Waals surface area contributed by atoms with Crippen LogP contribution in [-0.2, 0) is 73.1 Å². The molecular weight excluding hydrogens is 955 g/mol. The number of carbonyl (C=O) groups is 6. The molecule has 27 heteroatoms. The van der Waals surface area contributed by atoms with Gasteiger partial charge in [-0.05, 0) is 17.7 Å². The van der Waals surface area contributed by atoms with E-state index in [1.165, 1.54) is 63.3 Å². The van der Waals surface area contributed by atoms with Gasteiger partial charge in [-0.25, -0.2) is 14.8 Å². The second kappa shape index (κ2) is 21.9. The quantitative estimate of drug-likeness (QED) is 0.0949. The highest BCUT2D eigenvalue weighted by Gasteiger charge is 2.52. The molecule has 1 N–H and O–H groups in total. The van der Waals surface area contributed by atoms with E-state index in [1.54, 1.807) is 12.1 Å². The van der Waals surface area contributed by atoms with Gasteiger partial charge in [-0.15, -0.1) is 0 Å². The molecule has 2 saturated heterocycles. The van der Waals surface area contributed by atoms with Crippen LogP contribution in [0.15, 0.2) is 41.7 Å². The summed E-state index contributed by atoms with van der Waals surface area (Å²) >= 11 is 18.3. The van der Waals surface area contributed by atoms with Gasteiger partial charge in [0.05, 0.1) is 19.3 Å². The fourth-order valence-electron chi connectivity index (χ4n) is 6.94. The zero-order valence-corrected chi connectivity index (χ0v) is 38.5. The monoisotopic (exact) mass is 994 g/mol. The van der Waals surface area contributed by atoms with Crippen LogP contribution in [0.1, 0.15) is 59.6 Å². The number of hydrogen-bond acceptors (Lipinski definition) is 21. The number of nitrogens with zero attached hydrogens (tertiary/aromatic N) is 7. The lowest BCUT2D eigenvalue weighted by Gasteiger charge is -2.23. The van der Waals surface area contributed by atoms with Crippen LogP contribution in [0.2, 0.25) is 15.3 Å². The average molecular weight is 996 g/mol. The first-order valence-electron chi connectivity index (χ1n) is 20.0. The second-order valence-corrected chi connectivity index (χ2v) is 15.7. The Labute approximate surface area is 393 Å². The van der Waals surface area contributed by atoms with E-state index in [-0.39, 0.29) is 58.5 Å². The number of benzene rings is 1. The van der Waals surface area contributed by atoms with Crippen molar-refractivity contribution in [1.29, 1.82) is 0 Å². The average Bonchev–Trinajstić information content (AvgIpc) is 4.01. The Hall–Kier alpha value is -6.47. The predicted molar refractivity (Wildman–Crippen MR) is 227 cm³/mol. The van der Waals surface area contributed by atoms with Crippen LogP contribution in [-0.4, -0.2) is 131 Å². The van der Waals surface area contributed by atoms with Crippen molar-refractivity contribution in [2.24, 2.45) is 0 Å². The minimum absolute atomic E-state index is 0.00625. The van der Waals surface area contributed by atoms with E-state index in [0.717, 1.165) is 5.56 Å². The minimum Gasteiger partial charge on any atom is -0.463 e. The highest BCUT2D eigenvalue weighted by atomic mass is 35.5. The predicted octanol–water partition coefficient (Wildman–Crippen LogP) is 3.18. The molecule has 0 amide bonds. The van der Waals surface area contributed by atoms with Crippen LogP contribution >= 0.6 is 34.8 Å². The Bertz CT molecular complexity index is 2710. The van der Waals surface area contributed by atoms with Crippen molar-refractivity contribution in [3.63, 3.8) is 0 Å². The zero-order chi connectivity index (χ0) is 48.7. The Morgan fingerprint density at radius 2 is 1.09 bits per heavy atom. The van der Waals surface area contributed by atoms with Crippen molar-refractivity contribution in [3.8, 4) is 6.01 Å².